The van der Waals surface area contributed by atoms with Gasteiger partial charge in [-0.05, 0) is 25.4 Å². The molecule has 0 fully saturated rings. The molecule has 0 amide bonds. The van der Waals surface area contributed by atoms with E-state index >= 15 is 0 Å². The summed E-state index contributed by atoms with van der Waals surface area (Å²) < 4.78 is 5.74. The first-order valence-electron chi connectivity index (χ1n) is 7.43. The van der Waals surface area contributed by atoms with Gasteiger partial charge in [-0.3, -0.25) is 0 Å². The zero-order valence-electron chi connectivity index (χ0n) is 13.8. The van der Waals surface area contributed by atoms with E-state index in [9.17, 15) is 0 Å². The number of hydrogen-bond donors (Lipinski definition) is 2. The Morgan fingerprint density at radius 1 is 1.38 bits per heavy atom. The minimum atomic E-state index is -0.0183. The number of guanidine groups is 1. The maximum atomic E-state index is 5.74. The van der Waals surface area contributed by atoms with Gasteiger partial charge in [-0.15, -0.1) is 0 Å². The standard InChI is InChI=1S/C15H28N4OS/c1-6-16-14(17-8-7-9-21-5)19-11-13-18-10-12(20-13)15(2,3)4/h10H,6-9,11H2,1-5H3,(H2,16,17,19). The van der Waals surface area contributed by atoms with Crippen LogP contribution in [0.3, 0.4) is 0 Å². The van der Waals surface area contributed by atoms with Crippen LogP contribution >= 0.6 is 11.8 Å². The Morgan fingerprint density at radius 3 is 2.71 bits per heavy atom. The highest BCUT2D eigenvalue weighted by molar-refractivity contribution is 7.98. The number of nitrogens with zero attached hydrogens (tertiary/aromatic N) is 2. The Labute approximate surface area is 132 Å². The summed E-state index contributed by atoms with van der Waals surface area (Å²) in [6.07, 6.45) is 5.04. The monoisotopic (exact) mass is 312 g/mol. The van der Waals surface area contributed by atoms with Crippen molar-refractivity contribution in [1.29, 1.82) is 0 Å². The first-order valence-corrected chi connectivity index (χ1v) is 8.83. The predicted molar refractivity (Wildman–Crippen MR) is 91.0 cm³/mol. The van der Waals surface area contributed by atoms with Crippen molar-refractivity contribution in [3.8, 4) is 0 Å². The lowest BCUT2D eigenvalue weighted by Crippen LogP contribution is -2.37. The molecule has 5 nitrogen and oxygen atoms in total. The van der Waals surface area contributed by atoms with Gasteiger partial charge in [0.25, 0.3) is 0 Å². The lowest BCUT2D eigenvalue weighted by molar-refractivity contribution is 0.383. The Hall–Kier alpha value is -1.17. The van der Waals surface area contributed by atoms with Crippen molar-refractivity contribution in [2.24, 2.45) is 4.99 Å². The van der Waals surface area contributed by atoms with Crippen LogP contribution in [0.2, 0.25) is 0 Å². The Kier molecular flexibility index (Phi) is 7.64. The quantitative estimate of drug-likeness (QED) is 0.460. The number of nitrogens with one attached hydrogen (secondary N) is 2. The van der Waals surface area contributed by atoms with E-state index in [-0.39, 0.29) is 5.41 Å². The summed E-state index contributed by atoms with van der Waals surface area (Å²) in [5, 5.41) is 6.55. The summed E-state index contributed by atoms with van der Waals surface area (Å²) >= 11 is 1.86. The van der Waals surface area contributed by atoms with E-state index in [1.165, 1.54) is 0 Å². The topological polar surface area (TPSA) is 62.5 Å². The minimum absolute atomic E-state index is 0.0183. The summed E-state index contributed by atoms with van der Waals surface area (Å²) in [5.74, 6) is 3.52. The maximum absolute atomic E-state index is 5.74. The minimum Gasteiger partial charge on any atom is -0.443 e. The maximum Gasteiger partial charge on any atom is 0.216 e. The first-order chi connectivity index (χ1) is 9.97. The van der Waals surface area contributed by atoms with Crippen molar-refractivity contribution in [3.63, 3.8) is 0 Å². The second kappa shape index (κ2) is 8.97. The zero-order valence-corrected chi connectivity index (χ0v) is 14.6. The van der Waals surface area contributed by atoms with Crippen molar-refractivity contribution in [2.75, 3.05) is 25.1 Å². The summed E-state index contributed by atoms with van der Waals surface area (Å²) in [5.41, 5.74) is -0.0183. The fourth-order valence-electron chi connectivity index (χ4n) is 1.64. The molecule has 0 aliphatic heterocycles. The molecule has 6 heteroatoms. The van der Waals surface area contributed by atoms with Gasteiger partial charge in [0.15, 0.2) is 5.96 Å². The van der Waals surface area contributed by atoms with Crippen LogP contribution in [0.1, 0.15) is 45.8 Å². The van der Waals surface area contributed by atoms with Gasteiger partial charge >= 0.3 is 0 Å². The van der Waals surface area contributed by atoms with Gasteiger partial charge in [0.2, 0.25) is 5.89 Å². The van der Waals surface area contributed by atoms with Gasteiger partial charge < -0.3 is 15.1 Å². The molecule has 2 N–H and O–H groups in total. The molecule has 0 radical (unpaired) electrons. The van der Waals surface area contributed by atoms with Crippen LogP contribution < -0.4 is 10.6 Å². The molecule has 21 heavy (non-hydrogen) atoms. The van der Waals surface area contributed by atoms with Crippen molar-refractivity contribution in [1.82, 2.24) is 15.6 Å². The largest absolute Gasteiger partial charge is 0.443 e. The fourth-order valence-corrected chi connectivity index (χ4v) is 2.07. The Morgan fingerprint density at radius 2 is 2.14 bits per heavy atom. The van der Waals surface area contributed by atoms with Crippen LogP contribution in [-0.2, 0) is 12.0 Å². The van der Waals surface area contributed by atoms with Gasteiger partial charge in [0, 0.05) is 18.5 Å². The highest BCUT2D eigenvalue weighted by Gasteiger charge is 2.18. The summed E-state index contributed by atoms with van der Waals surface area (Å²) in [4.78, 5) is 8.80. The predicted octanol–water partition coefficient (Wildman–Crippen LogP) is 2.78. The molecule has 0 saturated heterocycles. The van der Waals surface area contributed by atoms with Crippen molar-refractivity contribution in [3.05, 3.63) is 17.8 Å². The van der Waals surface area contributed by atoms with Gasteiger partial charge in [-0.2, -0.15) is 11.8 Å². The van der Waals surface area contributed by atoms with E-state index in [0.29, 0.717) is 12.4 Å². The molecule has 0 saturated carbocycles. The molecule has 1 rings (SSSR count). The van der Waals surface area contributed by atoms with Crippen LogP contribution in [0.4, 0.5) is 0 Å². The SMILES string of the molecule is CCNC(=NCc1ncc(C(C)(C)C)o1)NCCCSC. The number of aliphatic imine (C=N–C) groups is 1. The van der Waals surface area contributed by atoms with Crippen molar-refractivity contribution < 1.29 is 4.42 Å². The number of thioether (sulfide) groups is 1. The first kappa shape index (κ1) is 17.9. The van der Waals surface area contributed by atoms with Gasteiger partial charge in [-0.25, -0.2) is 9.98 Å². The Balaban J connectivity index is 2.54. The summed E-state index contributed by atoms with van der Waals surface area (Å²) in [6.45, 7) is 10.6. The van der Waals surface area contributed by atoms with E-state index in [1.54, 1.807) is 6.20 Å². The highest BCUT2D eigenvalue weighted by Crippen LogP contribution is 2.22. The Bertz CT molecular complexity index is 437. The molecular weight excluding hydrogens is 284 g/mol. The summed E-state index contributed by atoms with van der Waals surface area (Å²) in [7, 11) is 0. The molecule has 0 aliphatic rings. The molecule has 0 aromatic carbocycles. The molecule has 1 aromatic rings. The number of rotatable bonds is 7. The van der Waals surface area contributed by atoms with Crippen LogP contribution in [0.25, 0.3) is 0 Å². The van der Waals surface area contributed by atoms with Crippen LogP contribution in [0, 0.1) is 0 Å². The number of hydrogen-bond acceptors (Lipinski definition) is 4. The van der Waals surface area contributed by atoms with E-state index in [1.807, 2.05) is 11.8 Å². The van der Waals surface area contributed by atoms with Crippen LogP contribution in [0.5, 0.6) is 0 Å². The normalized spacial score (nSPS) is 12.5. The smallest absolute Gasteiger partial charge is 0.216 e. The van der Waals surface area contributed by atoms with Crippen LogP contribution in [-0.4, -0.2) is 36.0 Å². The molecule has 0 unspecified atom stereocenters. The van der Waals surface area contributed by atoms with Gasteiger partial charge in [-0.1, -0.05) is 20.8 Å². The van der Waals surface area contributed by atoms with E-state index in [4.69, 9.17) is 4.42 Å². The van der Waals surface area contributed by atoms with E-state index in [2.05, 4.69) is 54.6 Å². The van der Waals surface area contributed by atoms with E-state index < -0.39 is 0 Å². The molecule has 120 valence electrons. The number of aromatic nitrogens is 1. The average Bonchev–Trinajstić information content (AvgIpc) is 2.89. The summed E-state index contributed by atoms with van der Waals surface area (Å²) in [6, 6.07) is 0. The third-order valence-electron chi connectivity index (χ3n) is 2.83. The lowest BCUT2D eigenvalue weighted by Gasteiger charge is -2.13. The third-order valence-corrected chi connectivity index (χ3v) is 3.52. The van der Waals surface area contributed by atoms with Gasteiger partial charge in [0.05, 0.1) is 6.20 Å². The molecule has 0 spiro atoms. The second-order valence-electron chi connectivity index (χ2n) is 5.84. The van der Waals surface area contributed by atoms with E-state index in [0.717, 1.165) is 37.0 Å². The number of oxazole rings is 1. The molecule has 1 aromatic heterocycles. The van der Waals surface area contributed by atoms with Crippen molar-refractivity contribution >= 4 is 17.7 Å². The molecule has 1 heterocycles. The highest BCUT2D eigenvalue weighted by atomic mass is 32.2. The fraction of sp³-hybridized carbons (Fsp3) is 0.733. The second-order valence-corrected chi connectivity index (χ2v) is 6.82. The molecule has 0 bridgehead atoms. The third kappa shape index (κ3) is 6.89. The molecular formula is C15H28N4OS. The zero-order chi connectivity index (χ0) is 15.7. The molecule has 0 atom stereocenters. The molecule has 0 aliphatic carbocycles. The van der Waals surface area contributed by atoms with Gasteiger partial charge in [0.1, 0.15) is 12.3 Å². The average molecular weight is 312 g/mol. The van der Waals surface area contributed by atoms with Crippen molar-refractivity contribution in [2.45, 2.75) is 46.1 Å². The van der Waals surface area contributed by atoms with Crippen LogP contribution in [0.15, 0.2) is 15.6 Å². The lowest BCUT2D eigenvalue weighted by atomic mass is 9.94.